The number of hydrogen-bond acceptors (Lipinski definition) is 5. The van der Waals surface area contributed by atoms with Gasteiger partial charge in [0.15, 0.2) is 5.69 Å². The molecule has 3 aromatic rings. The molecule has 8 heteroatoms. The monoisotopic (exact) mass is 340 g/mol. The highest BCUT2D eigenvalue weighted by molar-refractivity contribution is 5.92. The molecule has 2 heterocycles. The molecule has 0 radical (unpaired) electrons. The zero-order valence-corrected chi connectivity index (χ0v) is 13.7. The van der Waals surface area contributed by atoms with Crippen LogP contribution in [0.1, 0.15) is 27.5 Å². The van der Waals surface area contributed by atoms with E-state index in [0.29, 0.717) is 22.8 Å². The Labute approximate surface area is 143 Å². The first-order valence-corrected chi connectivity index (χ1v) is 7.55. The van der Waals surface area contributed by atoms with Crippen molar-refractivity contribution in [2.24, 2.45) is 0 Å². The van der Waals surface area contributed by atoms with Gasteiger partial charge in [-0.25, -0.2) is 9.48 Å². The van der Waals surface area contributed by atoms with Gasteiger partial charge >= 0.3 is 5.97 Å². The molecule has 0 unspecified atom stereocenters. The van der Waals surface area contributed by atoms with E-state index in [1.807, 2.05) is 0 Å². The largest absolute Gasteiger partial charge is 0.476 e. The highest BCUT2D eigenvalue weighted by Gasteiger charge is 2.14. The minimum Gasteiger partial charge on any atom is -0.476 e. The molecule has 0 fully saturated rings. The topological polar surface area (TPSA) is 110 Å². The van der Waals surface area contributed by atoms with Crippen LogP contribution in [-0.2, 0) is 11.2 Å². The van der Waals surface area contributed by atoms with E-state index in [2.05, 4.69) is 15.6 Å². The Morgan fingerprint density at radius 3 is 2.72 bits per heavy atom. The van der Waals surface area contributed by atoms with Gasteiger partial charge < -0.3 is 14.9 Å². The second-order valence-corrected chi connectivity index (χ2v) is 5.53. The summed E-state index contributed by atoms with van der Waals surface area (Å²) in [6.45, 7) is 3.55. The number of rotatable bonds is 5. The number of carbonyl (C=O) groups excluding carboxylic acids is 1. The average Bonchev–Trinajstić information content (AvgIpc) is 3.18. The molecule has 2 aromatic heterocycles. The van der Waals surface area contributed by atoms with Crippen molar-refractivity contribution in [2.75, 3.05) is 5.32 Å². The van der Waals surface area contributed by atoms with Crippen molar-refractivity contribution in [3.8, 4) is 5.69 Å². The molecule has 0 spiro atoms. The number of nitrogens with one attached hydrogen (secondary N) is 1. The molecule has 0 saturated heterocycles. The quantitative estimate of drug-likeness (QED) is 0.738. The zero-order valence-electron chi connectivity index (χ0n) is 13.7. The standard InChI is InChI=1S/C17H16N4O4/c1-10-14(11(2)25-20-10)9-16(22)18-12-4-3-5-13(8-12)21-7-6-15(19-21)17(23)24/h3-8H,9H2,1-2H3,(H,18,22)(H,23,24). The summed E-state index contributed by atoms with van der Waals surface area (Å²) < 4.78 is 6.49. The van der Waals surface area contributed by atoms with Gasteiger partial charge in [-0.15, -0.1) is 0 Å². The van der Waals surface area contributed by atoms with Crippen LogP contribution in [-0.4, -0.2) is 31.9 Å². The van der Waals surface area contributed by atoms with Crippen LogP contribution >= 0.6 is 0 Å². The van der Waals surface area contributed by atoms with Gasteiger partial charge in [-0.1, -0.05) is 11.2 Å². The Kier molecular flexibility index (Phi) is 4.34. The molecule has 1 aromatic carbocycles. The SMILES string of the molecule is Cc1noc(C)c1CC(=O)Nc1cccc(-n2ccc(C(=O)O)n2)c1. The summed E-state index contributed by atoms with van der Waals surface area (Å²) >= 11 is 0. The molecule has 128 valence electrons. The number of aromatic nitrogens is 3. The summed E-state index contributed by atoms with van der Waals surface area (Å²) in [5, 5.41) is 19.5. The molecule has 8 nitrogen and oxygen atoms in total. The van der Waals surface area contributed by atoms with E-state index >= 15 is 0 Å². The number of hydrogen-bond donors (Lipinski definition) is 2. The third kappa shape index (κ3) is 3.57. The molecule has 25 heavy (non-hydrogen) atoms. The van der Waals surface area contributed by atoms with E-state index < -0.39 is 5.97 Å². The number of anilines is 1. The number of nitrogens with zero attached hydrogens (tertiary/aromatic N) is 3. The van der Waals surface area contributed by atoms with Crippen LogP contribution in [0.2, 0.25) is 0 Å². The number of benzene rings is 1. The maximum Gasteiger partial charge on any atom is 0.356 e. The van der Waals surface area contributed by atoms with Crippen LogP contribution < -0.4 is 5.32 Å². The van der Waals surface area contributed by atoms with Gasteiger partial charge in [-0.05, 0) is 38.1 Å². The van der Waals surface area contributed by atoms with Gasteiger partial charge in [0.05, 0.1) is 17.8 Å². The second kappa shape index (κ2) is 6.60. The lowest BCUT2D eigenvalue weighted by atomic mass is 10.1. The number of aryl methyl sites for hydroxylation is 2. The number of amides is 1. The normalized spacial score (nSPS) is 10.6. The first-order chi connectivity index (χ1) is 11.9. The molecule has 0 aliphatic rings. The van der Waals surface area contributed by atoms with Crippen molar-refractivity contribution in [2.45, 2.75) is 20.3 Å². The molecule has 0 atom stereocenters. The maximum atomic E-state index is 12.2. The summed E-state index contributed by atoms with van der Waals surface area (Å²) in [5.74, 6) is -0.667. The lowest BCUT2D eigenvalue weighted by Crippen LogP contribution is -2.15. The van der Waals surface area contributed by atoms with Crippen molar-refractivity contribution < 1.29 is 19.2 Å². The van der Waals surface area contributed by atoms with Gasteiger partial charge in [-0.3, -0.25) is 4.79 Å². The average molecular weight is 340 g/mol. The Morgan fingerprint density at radius 1 is 1.28 bits per heavy atom. The van der Waals surface area contributed by atoms with E-state index in [-0.39, 0.29) is 18.0 Å². The Hall–Kier alpha value is -3.42. The first kappa shape index (κ1) is 16.4. The molecule has 0 saturated carbocycles. The van der Waals surface area contributed by atoms with Gasteiger partial charge in [-0.2, -0.15) is 5.10 Å². The van der Waals surface area contributed by atoms with Crippen molar-refractivity contribution in [1.82, 2.24) is 14.9 Å². The molecule has 3 rings (SSSR count). The summed E-state index contributed by atoms with van der Waals surface area (Å²) in [4.78, 5) is 23.2. The second-order valence-electron chi connectivity index (χ2n) is 5.53. The minimum absolute atomic E-state index is 0.0483. The predicted molar refractivity (Wildman–Crippen MR) is 88.8 cm³/mol. The van der Waals surface area contributed by atoms with Gasteiger partial charge in [0.25, 0.3) is 0 Å². The number of carboxylic acids is 1. The molecular formula is C17H16N4O4. The van der Waals surface area contributed by atoms with Gasteiger partial charge in [0.2, 0.25) is 5.91 Å². The molecule has 0 bridgehead atoms. The lowest BCUT2D eigenvalue weighted by molar-refractivity contribution is -0.115. The Balaban J connectivity index is 1.75. The number of aromatic carboxylic acids is 1. The van der Waals surface area contributed by atoms with Gasteiger partial charge in [0, 0.05) is 17.4 Å². The van der Waals surface area contributed by atoms with Crippen molar-refractivity contribution in [3.05, 3.63) is 59.2 Å². The van der Waals surface area contributed by atoms with Crippen molar-refractivity contribution in [3.63, 3.8) is 0 Å². The molecule has 1 amide bonds. The van der Waals surface area contributed by atoms with E-state index in [0.717, 1.165) is 5.56 Å². The highest BCUT2D eigenvalue weighted by Crippen LogP contribution is 2.17. The highest BCUT2D eigenvalue weighted by atomic mass is 16.5. The zero-order chi connectivity index (χ0) is 18.0. The third-order valence-corrected chi connectivity index (χ3v) is 3.72. The summed E-state index contributed by atoms with van der Waals surface area (Å²) in [6.07, 6.45) is 1.71. The Bertz CT molecular complexity index is 922. The lowest BCUT2D eigenvalue weighted by Gasteiger charge is -2.07. The molecule has 0 aliphatic heterocycles. The number of carbonyl (C=O) groups is 2. The fourth-order valence-corrected chi connectivity index (χ4v) is 2.43. The van der Waals surface area contributed by atoms with E-state index in [1.54, 1.807) is 44.3 Å². The number of carboxylic acid groups (broad SMARTS) is 1. The van der Waals surface area contributed by atoms with Crippen LogP contribution in [0.5, 0.6) is 0 Å². The van der Waals surface area contributed by atoms with Gasteiger partial charge in [0.1, 0.15) is 5.76 Å². The maximum absolute atomic E-state index is 12.2. The predicted octanol–water partition coefficient (Wildman–Crippen LogP) is 2.36. The summed E-state index contributed by atoms with van der Waals surface area (Å²) in [6, 6.07) is 8.39. The van der Waals surface area contributed by atoms with Crippen LogP contribution in [0.3, 0.4) is 0 Å². The fraction of sp³-hybridized carbons (Fsp3) is 0.176. The van der Waals surface area contributed by atoms with E-state index in [1.165, 1.54) is 10.7 Å². The van der Waals surface area contributed by atoms with E-state index in [4.69, 9.17) is 9.63 Å². The minimum atomic E-state index is -1.09. The van der Waals surface area contributed by atoms with Crippen LogP contribution in [0.25, 0.3) is 5.69 Å². The first-order valence-electron chi connectivity index (χ1n) is 7.55. The van der Waals surface area contributed by atoms with E-state index in [9.17, 15) is 9.59 Å². The molecular weight excluding hydrogens is 324 g/mol. The summed E-state index contributed by atoms with van der Waals surface area (Å²) in [5.41, 5.74) is 2.64. The van der Waals surface area contributed by atoms with Crippen molar-refractivity contribution >= 4 is 17.6 Å². The van der Waals surface area contributed by atoms with Crippen LogP contribution in [0, 0.1) is 13.8 Å². The smallest absolute Gasteiger partial charge is 0.356 e. The van der Waals surface area contributed by atoms with Crippen LogP contribution in [0.15, 0.2) is 41.1 Å². The molecule has 0 aliphatic carbocycles. The van der Waals surface area contributed by atoms with Crippen LogP contribution in [0.4, 0.5) is 5.69 Å². The fourth-order valence-electron chi connectivity index (χ4n) is 2.43. The Morgan fingerprint density at radius 2 is 2.08 bits per heavy atom. The molecule has 2 N–H and O–H groups in total. The van der Waals surface area contributed by atoms with Crippen molar-refractivity contribution in [1.29, 1.82) is 0 Å². The summed E-state index contributed by atoms with van der Waals surface area (Å²) in [7, 11) is 0. The third-order valence-electron chi connectivity index (χ3n) is 3.72.